The Morgan fingerprint density at radius 3 is 2.67 bits per heavy atom. The minimum Gasteiger partial charge on any atom is -0.308 e. The van der Waals surface area contributed by atoms with Crippen molar-refractivity contribution in [3.8, 4) is 0 Å². The van der Waals surface area contributed by atoms with E-state index >= 15 is 0 Å². The molecule has 0 aliphatic rings. The number of benzene rings is 1. The Bertz CT molecular complexity index is 557. The van der Waals surface area contributed by atoms with Gasteiger partial charge in [-0.1, -0.05) is 23.7 Å². The van der Waals surface area contributed by atoms with E-state index in [-0.39, 0.29) is 11.9 Å². The summed E-state index contributed by atoms with van der Waals surface area (Å²) in [5.74, 6) is -0.329. The minimum atomic E-state index is -0.329. The Kier molecular flexibility index (Phi) is 3.94. The average molecular weight is 265 g/mol. The Labute approximate surface area is 111 Å². The van der Waals surface area contributed by atoms with Crippen LogP contribution in [0.15, 0.2) is 36.4 Å². The van der Waals surface area contributed by atoms with Crippen molar-refractivity contribution in [1.82, 2.24) is 10.3 Å². The molecule has 1 atom stereocenters. The monoisotopic (exact) mass is 264 g/mol. The van der Waals surface area contributed by atoms with Gasteiger partial charge in [0.1, 0.15) is 5.82 Å². The molecule has 1 aromatic heterocycles. The van der Waals surface area contributed by atoms with Crippen molar-refractivity contribution in [3.63, 3.8) is 0 Å². The molecular formula is C14H14ClFN2. The van der Waals surface area contributed by atoms with Gasteiger partial charge >= 0.3 is 0 Å². The van der Waals surface area contributed by atoms with Gasteiger partial charge < -0.3 is 5.32 Å². The summed E-state index contributed by atoms with van der Waals surface area (Å²) in [6.45, 7) is 1.91. The summed E-state index contributed by atoms with van der Waals surface area (Å²) in [6, 6.07) is 10.1. The molecule has 0 spiro atoms. The van der Waals surface area contributed by atoms with Crippen LogP contribution in [0.2, 0.25) is 5.02 Å². The first-order valence-electron chi connectivity index (χ1n) is 5.67. The average Bonchev–Trinajstić information content (AvgIpc) is 2.33. The molecule has 0 radical (unpaired) electrons. The molecule has 1 N–H and O–H groups in total. The van der Waals surface area contributed by atoms with Crippen LogP contribution in [0.4, 0.5) is 4.39 Å². The Morgan fingerprint density at radius 1 is 1.28 bits per heavy atom. The highest BCUT2D eigenvalue weighted by molar-refractivity contribution is 6.30. The van der Waals surface area contributed by atoms with Crippen LogP contribution in [0.3, 0.4) is 0 Å². The molecule has 0 fully saturated rings. The number of rotatable bonds is 3. The molecular weight excluding hydrogens is 251 g/mol. The summed E-state index contributed by atoms with van der Waals surface area (Å²) in [7, 11) is 1.78. The maximum Gasteiger partial charge on any atom is 0.129 e. The van der Waals surface area contributed by atoms with Gasteiger partial charge in [-0.2, -0.15) is 0 Å². The molecule has 2 nitrogen and oxygen atoms in total. The number of aromatic nitrogens is 1. The van der Waals surface area contributed by atoms with Gasteiger partial charge in [-0.25, -0.2) is 4.39 Å². The molecule has 18 heavy (non-hydrogen) atoms. The van der Waals surface area contributed by atoms with Crippen LogP contribution in [-0.2, 0) is 0 Å². The predicted molar refractivity (Wildman–Crippen MR) is 71.3 cm³/mol. The number of nitrogens with zero attached hydrogens (tertiary/aromatic N) is 1. The van der Waals surface area contributed by atoms with E-state index in [2.05, 4.69) is 10.3 Å². The molecule has 0 aliphatic carbocycles. The highest BCUT2D eigenvalue weighted by atomic mass is 35.5. The molecule has 0 saturated carbocycles. The van der Waals surface area contributed by atoms with Gasteiger partial charge in [-0.15, -0.1) is 0 Å². The fourth-order valence-electron chi connectivity index (χ4n) is 1.92. The van der Waals surface area contributed by atoms with E-state index in [0.717, 1.165) is 11.4 Å². The molecule has 1 aromatic carbocycles. The molecule has 2 aromatic rings. The summed E-state index contributed by atoms with van der Waals surface area (Å²) in [6.07, 6.45) is 0. The topological polar surface area (TPSA) is 24.9 Å². The fraction of sp³-hybridized carbons (Fsp3) is 0.214. The van der Waals surface area contributed by atoms with Gasteiger partial charge in [0.15, 0.2) is 0 Å². The summed E-state index contributed by atoms with van der Waals surface area (Å²) in [5, 5.41) is 3.47. The first-order chi connectivity index (χ1) is 8.61. The number of pyridine rings is 1. The van der Waals surface area contributed by atoms with Crippen LogP contribution in [-0.4, -0.2) is 12.0 Å². The van der Waals surface area contributed by atoms with Crippen LogP contribution in [0.5, 0.6) is 0 Å². The highest BCUT2D eigenvalue weighted by Gasteiger charge is 2.17. The van der Waals surface area contributed by atoms with Gasteiger partial charge in [0.05, 0.1) is 11.7 Å². The number of aryl methyl sites for hydroxylation is 1. The molecule has 0 saturated heterocycles. The second-order valence-electron chi connectivity index (χ2n) is 4.09. The number of halogens is 2. The first kappa shape index (κ1) is 13.0. The summed E-state index contributed by atoms with van der Waals surface area (Å²) < 4.78 is 13.9. The summed E-state index contributed by atoms with van der Waals surface area (Å²) >= 11 is 5.76. The fourth-order valence-corrected chi connectivity index (χ4v) is 2.08. The third-order valence-corrected chi connectivity index (χ3v) is 3.00. The van der Waals surface area contributed by atoms with Crippen molar-refractivity contribution in [3.05, 3.63) is 64.2 Å². The zero-order valence-corrected chi connectivity index (χ0v) is 11.0. The molecule has 1 heterocycles. The molecule has 4 heteroatoms. The largest absolute Gasteiger partial charge is 0.308 e. The molecule has 1 unspecified atom stereocenters. The third-order valence-electron chi connectivity index (χ3n) is 2.77. The standard InChI is InChI=1S/C14H14ClFN2/c1-9-4-3-5-13(18-9)14(17-2)11-7-6-10(15)8-12(11)16/h3-8,14,17H,1-2H3. The highest BCUT2D eigenvalue weighted by Crippen LogP contribution is 2.25. The van der Waals surface area contributed by atoms with Gasteiger partial charge in [0.2, 0.25) is 0 Å². The Morgan fingerprint density at radius 2 is 2.06 bits per heavy atom. The van der Waals surface area contributed by atoms with Crippen LogP contribution in [0, 0.1) is 12.7 Å². The van der Waals surface area contributed by atoms with E-state index in [4.69, 9.17) is 11.6 Å². The van der Waals surface area contributed by atoms with Crippen molar-refractivity contribution < 1.29 is 4.39 Å². The van der Waals surface area contributed by atoms with E-state index in [1.165, 1.54) is 6.07 Å². The summed E-state index contributed by atoms with van der Waals surface area (Å²) in [5.41, 5.74) is 2.24. The molecule has 2 rings (SSSR count). The van der Waals surface area contributed by atoms with Crippen LogP contribution in [0.1, 0.15) is 23.0 Å². The van der Waals surface area contributed by atoms with E-state index in [9.17, 15) is 4.39 Å². The van der Waals surface area contributed by atoms with Crippen LogP contribution < -0.4 is 5.32 Å². The van der Waals surface area contributed by atoms with Crippen molar-refractivity contribution in [1.29, 1.82) is 0 Å². The minimum absolute atomic E-state index is 0.276. The van der Waals surface area contributed by atoms with Crippen LogP contribution >= 0.6 is 11.6 Å². The third kappa shape index (κ3) is 2.68. The molecule has 94 valence electrons. The Hall–Kier alpha value is -1.45. The quantitative estimate of drug-likeness (QED) is 0.918. The van der Waals surface area contributed by atoms with Gasteiger partial charge in [0.25, 0.3) is 0 Å². The second-order valence-corrected chi connectivity index (χ2v) is 4.53. The van der Waals surface area contributed by atoms with E-state index < -0.39 is 0 Å². The smallest absolute Gasteiger partial charge is 0.129 e. The zero-order chi connectivity index (χ0) is 13.1. The number of nitrogens with one attached hydrogen (secondary N) is 1. The zero-order valence-electron chi connectivity index (χ0n) is 10.2. The Balaban J connectivity index is 2.45. The van der Waals surface area contributed by atoms with Crippen LogP contribution in [0.25, 0.3) is 0 Å². The van der Waals surface area contributed by atoms with Crippen molar-refractivity contribution in [2.45, 2.75) is 13.0 Å². The van der Waals surface area contributed by atoms with Gasteiger partial charge in [-0.05, 0) is 38.2 Å². The lowest BCUT2D eigenvalue weighted by molar-refractivity contribution is 0.570. The normalized spacial score (nSPS) is 12.4. The lowest BCUT2D eigenvalue weighted by Gasteiger charge is -2.17. The van der Waals surface area contributed by atoms with E-state index in [1.807, 2.05) is 25.1 Å². The molecule has 0 aliphatic heterocycles. The van der Waals surface area contributed by atoms with E-state index in [1.54, 1.807) is 19.2 Å². The predicted octanol–water partition coefficient (Wildman–Crippen LogP) is 3.49. The second kappa shape index (κ2) is 5.46. The lowest BCUT2D eigenvalue weighted by atomic mass is 10.0. The van der Waals surface area contributed by atoms with Gasteiger partial charge in [0, 0.05) is 16.3 Å². The molecule has 0 bridgehead atoms. The SMILES string of the molecule is CNC(c1cccc(C)n1)c1ccc(Cl)cc1F. The summed E-state index contributed by atoms with van der Waals surface area (Å²) in [4.78, 5) is 4.42. The molecule has 0 amide bonds. The van der Waals surface area contributed by atoms with E-state index in [0.29, 0.717) is 10.6 Å². The lowest BCUT2D eigenvalue weighted by Crippen LogP contribution is -2.20. The number of hydrogen-bond acceptors (Lipinski definition) is 2. The maximum atomic E-state index is 13.9. The van der Waals surface area contributed by atoms with Crippen molar-refractivity contribution in [2.24, 2.45) is 0 Å². The van der Waals surface area contributed by atoms with Crippen molar-refractivity contribution >= 4 is 11.6 Å². The first-order valence-corrected chi connectivity index (χ1v) is 6.05. The maximum absolute atomic E-state index is 13.9. The van der Waals surface area contributed by atoms with Gasteiger partial charge in [-0.3, -0.25) is 4.98 Å². The van der Waals surface area contributed by atoms with Crippen molar-refractivity contribution in [2.75, 3.05) is 7.05 Å². The number of hydrogen-bond donors (Lipinski definition) is 1.